The van der Waals surface area contributed by atoms with Gasteiger partial charge in [-0.1, -0.05) is 6.07 Å². The number of aromatic nitrogens is 1. The van der Waals surface area contributed by atoms with E-state index in [4.69, 9.17) is 31.1 Å². The molecule has 0 spiro atoms. The van der Waals surface area contributed by atoms with E-state index in [1.807, 2.05) is 19.1 Å². The van der Waals surface area contributed by atoms with Crippen LogP contribution < -0.4 is 26.7 Å². The largest absolute Gasteiger partial charge is 0.490 e. The zero-order valence-corrected chi connectivity index (χ0v) is 17.2. The first-order valence-electron chi connectivity index (χ1n) is 10.1. The first kappa shape index (κ1) is 19.7. The second kappa shape index (κ2) is 6.60. The number of fused-ring (bicyclic) bond motifs is 1. The summed E-state index contributed by atoms with van der Waals surface area (Å²) in [5, 5.41) is 9.21. The van der Waals surface area contributed by atoms with Gasteiger partial charge >= 0.3 is 5.97 Å². The molecular weight excluding hydrogens is 400 g/mol. The summed E-state index contributed by atoms with van der Waals surface area (Å²) < 4.78 is 17.1. The van der Waals surface area contributed by atoms with Crippen LogP contribution >= 0.6 is 0 Å². The summed E-state index contributed by atoms with van der Waals surface area (Å²) in [6, 6.07) is 8.58. The summed E-state index contributed by atoms with van der Waals surface area (Å²) in [5.74, 6) is -0.137. The van der Waals surface area contributed by atoms with Crippen LogP contribution in [0.3, 0.4) is 0 Å². The van der Waals surface area contributed by atoms with Crippen molar-refractivity contribution in [1.82, 2.24) is 4.98 Å². The molecule has 0 radical (unpaired) electrons. The van der Waals surface area contributed by atoms with Crippen molar-refractivity contribution in [3.63, 3.8) is 0 Å². The number of rotatable bonds is 4. The van der Waals surface area contributed by atoms with Gasteiger partial charge in [0.05, 0.1) is 17.7 Å². The zero-order valence-electron chi connectivity index (χ0n) is 17.2. The highest BCUT2D eigenvalue weighted by Crippen LogP contribution is 2.59. The van der Waals surface area contributed by atoms with Gasteiger partial charge in [0.15, 0.2) is 11.7 Å². The minimum atomic E-state index is -1.06. The molecule has 2 unspecified atom stereocenters. The van der Waals surface area contributed by atoms with Gasteiger partial charge in [0.2, 0.25) is 0 Å². The monoisotopic (exact) mass is 424 g/mol. The van der Waals surface area contributed by atoms with Gasteiger partial charge in [0, 0.05) is 17.5 Å². The number of anilines is 1. The SMILES string of the molecule is C[C@@H]1CC2c3c(cc(O[C@@H](C)C(=O)O)cc3C(N)[C@]2(N)c2ccc3oc(N)nc3c2)O1. The van der Waals surface area contributed by atoms with Crippen LogP contribution in [0.4, 0.5) is 6.01 Å². The van der Waals surface area contributed by atoms with E-state index in [0.29, 0.717) is 29.0 Å². The highest BCUT2D eigenvalue weighted by atomic mass is 16.5. The molecule has 9 heteroatoms. The Hall–Kier alpha value is -3.30. The fourth-order valence-electron chi connectivity index (χ4n) is 4.89. The number of aliphatic carboxylic acids is 1. The number of nitrogens with zero attached hydrogens (tertiary/aromatic N) is 1. The van der Waals surface area contributed by atoms with Crippen LogP contribution in [0.25, 0.3) is 11.1 Å². The first-order chi connectivity index (χ1) is 14.7. The Kier molecular flexibility index (Phi) is 4.18. The van der Waals surface area contributed by atoms with Crippen molar-refractivity contribution in [2.75, 3.05) is 5.73 Å². The Morgan fingerprint density at radius 1 is 1.35 bits per heavy atom. The van der Waals surface area contributed by atoms with Gasteiger partial charge in [-0.25, -0.2) is 4.79 Å². The summed E-state index contributed by atoms with van der Waals surface area (Å²) in [6.07, 6.45) is -0.422. The minimum absolute atomic E-state index is 0.0912. The van der Waals surface area contributed by atoms with E-state index in [0.717, 1.165) is 16.7 Å². The van der Waals surface area contributed by atoms with Crippen LogP contribution in [-0.4, -0.2) is 28.3 Å². The third-order valence-electron chi connectivity index (χ3n) is 6.38. The number of nitrogen functional groups attached to an aromatic ring is 1. The van der Waals surface area contributed by atoms with Crippen LogP contribution in [0.5, 0.6) is 11.5 Å². The van der Waals surface area contributed by atoms with Crippen LogP contribution in [0.15, 0.2) is 34.7 Å². The van der Waals surface area contributed by atoms with Gasteiger partial charge in [-0.3, -0.25) is 0 Å². The number of benzene rings is 2. The summed E-state index contributed by atoms with van der Waals surface area (Å²) >= 11 is 0. The van der Waals surface area contributed by atoms with Crippen molar-refractivity contribution in [2.24, 2.45) is 11.5 Å². The first-order valence-corrected chi connectivity index (χ1v) is 10.1. The standard InChI is InChI=1S/C22H24N4O5/c1-9-5-14-18-13(7-12(8-17(18)29-9)30-10(2)20(27)28)19(23)22(14,25)11-3-4-16-15(6-11)26-21(24)31-16/h3-4,6-10,14,19H,5,23,25H2,1-2H3,(H2,24,26)(H,27,28)/t9-,10+,14?,19?,22+/m1/s1. The summed E-state index contributed by atoms with van der Waals surface area (Å²) in [5.41, 5.74) is 22.4. The molecular formula is C22H24N4O5. The van der Waals surface area contributed by atoms with Crippen molar-refractivity contribution in [1.29, 1.82) is 0 Å². The molecule has 0 bridgehead atoms. The second-order valence-corrected chi connectivity index (χ2v) is 8.38. The third kappa shape index (κ3) is 2.84. The molecule has 5 rings (SSSR count). The van der Waals surface area contributed by atoms with E-state index >= 15 is 0 Å². The van der Waals surface area contributed by atoms with E-state index in [1.54, 1.807) is 18.2 Å². The van der Waals surface area contributed by atoms with Gasteiger partial charge in [0.25, 0.3) is 6.01 Å². The van der Waals surface area contributed by atoms with Gasteiger partial charge < -0.3 is 36.2 Å². The number of hydrogen-bond acceptors (Lipinski definition) is 8. The molecule has 3 aromatic rings. The third-order valence-corrected chi connectivity index (χ3v) is 6.38. The van der Waals surface area contributed by atoms with E-state index < -0.39 is 23.7 Å². The maximum absolute atomic E-state index is 11.2. The molecule has 2 heterocycles. The Balaban J connectivity index is 1.64. The smallest absolute Gasteiger partial charge is 0.344 e. The van der Waals surface area contributed by atoms with Crippen molar-refractivity contribution in [3.05, 3.63) is 47.0 Å². The van der Waals surface area contributed by atoms with Gasteiger partial charge in [-0.15, -0.1) is 0 Å². The molecule has 0 saturated carbocycles. The minimum Gasteiger partial charge on any atom is -0.490 e. The molecule has 0 amide bonds. The molecule has 1 aliphatic carbocycles. The topological polar surface area (TPSA) is 160 Å². The number of carboxylic acid groups (broad SMARTS) is 1. The molecule has 31 heavy (non-hydrogen) atoms. The molecule has 2 aliphatic rings. The molecule has 7 N–H and O–H groups in total. The number of carboxylic acids is 1. The number of ether oxygens (including phenoxy) is 2. The number of oxazole rings is 1. The van der Waals surface area contributed by atoms with Crippen LogP contribution in [0.1, 0.15) is 48.9 Å². The van der Waals surface area contributed by atoms with Crippen LogP contribution in [0, 0.1) is 0 Å². The lowest BCUT2D eigenvalue weighted by Crippen LogP contribution is -2.48. The zero-order chi connectivity index (χ0) is 22.1. The maximum Gasteiger partial charge on any atom is 0.344 e. The van der Waals surface area contributed by atoms with Gasteiger partial charge in [-0.2, -0.15) is 4.98 Å². The lowest BCUT2D eigenvalue weighted by Gasteiger charge is -2.39. The maximum atomic E-state index is 11.2. The van der Waals surface area contributed by atoms with Crippen molar-refractivity contribution in [2.45, 2.75) is 50.0 Å². The lowest BCUT2D eigenvalue weighted by atomic mass is 9.74. The van der Waals surface area contributed by atoms with E-state index in [9.17, 15) is 9.90 Å². The number of carbonyl (C=O) groups is 1. The van der Waals surface area contributed by atoms with Gasteiger partial charge in [-0.05, 0) is 49.6 Å². The molecule has 0 fully saturated rings. The quantitative estimate of drug-likeness (QED) is 0.493. The van der Waals surface area contributed by atoms with Crippen LogP contribution in [0.2, 0.25) is 0 Å². The van der Waals surface area contributed by atoms with E-state index in [1.165, 1.54) is 6.92 Å². The number of nitrogens with two attached hydrogens (primary N) is 3. The Morgan fingerprint density at radius 3 is 2.87 bits per heavy atom. The predicted octanol–water partition coefficient (Wildman–Crippen LogP) is 2.38. The normalized spacial score (nSPS) is 27.5. The molecule has 0 saturated heterocycles. The highest BCUT2D eigenvalue weighted by molar-refractivity contribution is 5.76. The van der Waals surface area contributed by atoms with E-state index in [-0.39, 0.29) is 18.0 Å². The fraction of sp³-hybridized carbons (Fsp3) is 0.364. The summed E-state index contributed by atoms with van der Waals surface area (Å²) in [6.45, 7) is 3.45. The average Bonchev–Trinajstić information content (AvgIpc) is 3.18. The fourth-order valence-corrected chi connectivity index (χ4v) is 4.89. The Labute approximate surface area is 178 Å². The van der Waals surface area contributed by atoms with E-state index in [2.05, 4.69) is 4.98 Å². The lowest BCUT2D eigenvalue weighted by molar-refractivity contribution is -0.144. The summed E-state index contributed by atoms with van der Waals surface area (Å²) in [4.78, 5) is 15.5. The summed E-state index contributed by atoms with van der Waals surface area (Å²) in [7, 11) is 0. The Morgan fingerprint density at radius 2 is 2.13 bits per heavy atom. The molecule has 5 atom stereocenters. The molecule has 2 aromatic carbocycles. The number of hydrogen-bond donors (Lipinski definition) is 4. The predicted molar refractivity (Wildman–Crippen MR) is 113 cm³/mol. The molecule has 162 valence electrons. The second-order valence-electron chi connectivity index (χ2n) is 8.38. The van der Waals surface area contributed by atoms with Crippen molar-refractivity contribution < 1.29 is 23.8 Å². The van der Waals surface area contributed by atoms with Crippen LogP contribution in [-0.2, 0) is 10.3 Å². The van der Waals surface area contributed by atoms with Gasteiger partial charge in [0.1, 0.15) is 17.0 Å². The molecule has 9 nitrogen and oxygen atoms in total. The molecule has 1 aliphatic heterocycles. The van der Waals surface area contributed by atoms with Crippen molar-refractivity contribution >= 4 is 23.1 Å². The highest BCUT2D eigenvalue weighted by Gasteiger charge is 2.54. The Bertz CT molecular complexity index is 1210. The molecule has 1 aromatic heterocycles. The van der Waals surface area contributed by atoms with Crippen molar-refractivity contribution in [3.8, 4) is 11.5 Å². The average molecular weight is 424 g/mol.